The van der Waals surface area contributed by atoms with Gasteiger partial charge in [0.1, 0.15) is 0 Å². The molecular weight excluding hydrogens is 226 g/mol. The fraction of sp³-hybridized carbons (Fsp3) is 0.500. The van der Waals surface area contributed by atoms with Crippen LogP contribution in [0.15, 0.2) is 24.3 Å². The first kappa shape index (κ1) is 11.5. The van der Waals surface area contributed by atoms with Gasteiger partial charge in [-0.3, -0.25) is 4.79 Å². The lowest BCUT2D eigenvalue weighted by molar-refractivity contribution is -0.134. The number of nitrogens with one attached hydrogen (secondary N) is 1. The molecule has 0 radical (unpaired) electrons. The monoisotopic (exact) mass is 245 g/mol. The highest BCUT2D eigenvalue weighted by Crippen LogP contribution is 2.49. The molecule has 0 spiro atoms. The Morgan fingerprint density at radius 3 is 2.33 bits per heavy atom. The van der Waals surface area contributed by atoms with Crippen molar-refractivity contribution in [1.29, 1.82) is 0 Å². The fourth-order valence-corrected chi connectivity index (χ4v) is 2.72. The van der Waals surface area contributed by atoms with Gasteiger partial charge in [-0.1, -0.05) is 12.1 Å². The number of hydrogen-bond donors (Lipinski definition) is 2. The first-order chi connectivity index (χ1) is 8.72. The van der Waals surface area contributed by atoms with Gasteiger partial charge in [-0.15, -0.1) is 0 Å². The minimum Gasteiger partial charge on any atom is -0.399 e. The number of carbonyl (C=O) groups excluding carboxylic acids is 1. The van der Waals surface area contributed by atoms with E-state index in [4.69, 9.17) is 5.73 Å². The van der Waals surface area contributed by atoms with E-state index in [0.717, 1.165) is 50.3 Å². The first-order valence-electron chi connectivity index (χ1n) is 6.58. The third-order valence-corrected chi connectivity index (χ3v) is 4.03. The molecule has 2 fully saturated rings. The van der Waals surface area contributed by atoms with Gasteiger partial charge < -0.3 is 16.0 Å². The molecule has 3 N–H and O–H groups in total. The molecule has 2 aliphatic rings. The van der Waals surface area contributed by atoms with E-state index in [2.05, 4.69) is 5.32 Å². The maximum atomic E-state index is 12.6. The van der Waals surface area contributed by atoms with Crippen LogP contribution in [0.3, 0.4) is 0 Å². The summed E-state index contributed by atoms with van der Waals surface area (Å²) in [5, 5.41) is 3.28. The number of anilines is 1. The van der Waals surface area contributed by atoms with E-state index in [1.807, 2.05) is 29.2 Å². The molecule has 1 aromatic carbocycles. The topological polar surface area (TPSA) is 58.4 Å². The Morgan fingerprint density at radius 1 is 1.17 bits per heavy atom. The zero-order valence-electron chi connectivity index (χ0n) is 10.5. The first-order valence-corrected chi connectivity index (χ1v) is 6.58. The van der Waals surface area contributed by atoms with Crippen molar-refractivity contribution in [2.75, 3.05) is 31.9 Å². The second-order valence-corrected chi connectivity index (χ2v) is 5.25. The van der Waals surface area contributed by atoms with Gasteiger partial charge in [-0.25, -0.2) is 0 Å². The molecule has 4 heteroatoms. The van der Waals surface area contributed by atoms with Gasteiger partial charge in [0.2, 0.25) is 5.91 Å². The van der Waals surface area contributed by atoms with Crippen LogP contribution in [-0.4, -0.2) is 37.0 Å². The summed E-state index contributed by atoms with van der Waals surface area (Å²) < 4.78 is 0. The second kappa shape index (κ2) is 4.28. The molecule has 0 aromatic heterocycles. The number of hydrogen-bond acceptors (Lipinski definition) is 3. The van der Waals surface area contributed by atoms with Crippen LogP contribution in [0.2, 0.25) is 0 Å². The standard InChI is InChI=1S/C14H19N3O/c15-12-3-1-11(2-4-12)14(5-6-14)13(18)17-9-7-16-8-10-17/h1-4,16H,5-10,15H2. The fourth-order valence-electron chi connectivity index (χ4n) is 2.72. The van der Waals surface area contributed by atoms with E-state index in [9.17, 15) is 4.79 Å². The molecule has 1 aliphatic heterocycles. The number of benzene rings is 1. The molecule has 18 heavy (non-hydrogen) atoms. The van der Waals surface area contributed by atoms with E-state index < -0.39 is 0 Å². The smallest absolute Gasteiger partial charge is 0.233 e. The van der Waals surface area contributed by atoms with Crippen molar-refractivity contribution in [2.45, 2.75) is 18.3 Å². The molecule has 96 valence electrons. The Balaban J connectivity index is 1.81. The lowest BCUT2D eigenvalue weighted by Gasteiger charge is -2.31. The SMILES string of the molecule is Nc1ccc(C2(C(=O)N3CCNCC3)CC2)cc1. The van der Waals surface area contributed by atoms with Gasteiger partial charge in [0.15, 0.2) is 0 Å². The number of carbonyl (C=O) groups is 1. The summed E-state index contributed by atoms with van der Waals surface area (Å²) in [7, 11) is 0. The number of rotatable bonds is 2. The van der Waals surface area contributed by atoms with E-state index >= 15 is 0 Å². The van der Waals surface area contributed by atoms with Crippen LogP contribution >= 0.6 is 0 Å². The summed E-state index contributed by atoms with van der Waals surface area (Å²) in [5.74, 6) is 0.300. The minimum atomic E-state index is -0.245. The second-order valence-electron chi connectivity index (χ2n) is 5.25. The molecule has 1 saturated heterocycles. The van der Waals surface area contributed by atoms with Crippen LogP contribution in [0.5, 0.6) is 0 Å². The van der Waals surface area contributed by atoms with Crippen LogP contribution in [0.4, 0.5) is 5.69 Å². The summed E-state index contributed by atoms with van der Waals surface area (Å²) in [6.45, 7) is 3.47. The molecule has 1 saturated carbocycles. The molecule has 4 nitrogen and oxygen atoms in total. The normalized spacial score (nSPS) is 21.7. The summed E-state index contributed by atoms with van der Waals surface area (Å²) >= 11 is 0. The Labute approximate surface area is 107 Å². The van der Waals surface area contributed by atoms with Crippen LogP contribution in [0, 0.1) is 0 Å². The number of nitrogens with zero attached hydrogens (tertiary/aromatic N) is 1. The van der Waals surface area contributed by atoms with Crippen LogP contribution < -0.4 is 11.1 Å². The predicted molar refractivity (Wildman–Crippen MR) is 71.2 cm³/mol. The summed E-state index contributed by atoms with van der Waals surface area (Å²) in [5.41, 5.74) is 7.34. The van der Waals surface area contributed by atoms with Crippen molar-refractivity contribution < 1.29 is 4.79 Å². The summed E-state index contributed by atoms with van der Waals surface area (Å²) in [6.07, 6.45) is 1.94. The molecule has 1 aliphatic carbocycles. The zero-order chi connectivity index (χ0) is 12.6. The molecular formula is C14H19N3O. The van der Waals surface area contributed by atoms with Crippen molar-refractivity contribution in [3.8, 4) is 0 Å². The number of amides is 1. The molecule has 0 atom stereocenters. The van der Waals surface area contributed by atoms with Crippen LogP contribution in [-0.2, 0) is 10.2 Å². The van der Waals surface area contributed by atoms with Crippen molar-refractivity contribution in [3.63, 3.8) is 0 Å². The van der Waals surface area contributed by atoms with Gasteiger partial charge in [-0.2, -0.15) is 0 Å². The van der Waals surface area contributed by atoms with Crippen molar-refractivity contribution in [3.05, 3.63) is 29.8 Å². The maximum absolute atomic E-state index is 12.6. The van der Waals surface area contributed by atoms with Gasteiger partial charge in [-0.05, 0) is 30.5 Å². The highest BCUT2D eigenvalue weighted by atomic mass is 16.2. The number of piperazine rings is 1. The van der Waals surface area contributed by atoms with Crippen molar-refractivity contribution in [1.82, 2.24) is 10.2 Å². The lowest BCUT2D eigenvalue weighted by atomic mass is 9.94. The molecule has 1 aromatic rings. The summed E-state index contributed by atoms with van der Waals surface area (Å²) in [6, 6.07) is 7.78. The van der Waals surface area contributed by atoms with Crippen molar-refractivity contribution in [2.24, 2.45) is 0 Å². The molecule has 1 heterocycles. The van der Waals surface area contributed by atoms with Gasteiger partial charge in [0.05, 0.1) is 5.41 Å². The predicted octanol–water partition coefficient (Wildman–Crippen LogP) is 0.732. The molecule has 1 amide bonds. The van der Waals surface area contributed by atoms with Crippen LogP contribution in [0.1, 0.15) is 18.4 Å². The minimum absolute atomic E-state index is 0.245. The zero-order valence-corrected chi connectivity index (χ0v) is 10.5. The average molecular weight is 245 g/mol. The Hall–Kier alpha value is -1.55. The molecule has 0 unspecified atom stereocenters. The largest absolute Gasteiger partial charge is 0.399 e. The van der Waals surface area contributed by atoms with Gasteiger partial charge >= 0.3 is 0 Å². The Kier molecular flexibility index (Phi) is 2.74. The van der Waals surface area contributed by atoms with E-state index in [1.165, 1.54) is 0 Å². The third kappa shape index (κ3) is 1.86. The Bertz CT molecular complexity index is 445. The highest BCUT2D eigenvalue weighted by molar-refractivity contribution is 5.91. The van der Waals surface area contributed by atoms with E-state index in [0.29, 0.717) is 5.91 Å². The molecule has 3 rings (SSSR count). The van der Waals surface area contributed by atoms with E-state index in [-0.39, 0.29) is 5.41 Å². The quantitative estimate of drug-likeness (QED) is 0.755. The highest BCUT2D eigenvalue weighted by Gasteiger charge is 2.52. The average Bonchev–Trinajstić information content (AvgIpc) is 3.21. The Morgan fingerprint density at radius 2 is 1.78 bits per heavy atom. The van der Waals surface area contributed by atoms with E-state index in [1.54, 1.807) is 0 Å². The van der Waals surface area contributed by atoms with Gasteiger partial charge in [0.25, 0.3) is 0 Å². The number of nitrogen functional groups attached to an aromatic ring is 1. The van der Waals surface area contributed by atoms with Crippen molar-refractivity contribution >= 4 is 11.6 Å². The molecule has 0 bridgehead atoms. The third-order valence-electron chi connectivity index (χ3n) is 4.03. The summed E-state index contributed by atoms with van der Waals surface area (Å²) in [4.78, 5) is 14.6. The lowest BCUT2D eigenvalue weighted by Crippen LogP contribution is -2.49. The maximum Gasteiger partial charge on any atom is 0.233 e. The number of nitrogens with two attached hydrogens (primary N) is 1. The van der Waals surface area contributed by atoms with Crippen LogP contribution in [0.25, 0.3) is 0 Å². The van der Waals surface area contributed by atoms with Gasteiger partial charge in [0, 0.05) is 31.9 Å².